The van der Waals surface area contributed by atoms with Crippen molar-refractivity contribution >= 4 is 45.9 Å². The number of carbonyl (C=O) groups excluding carboxylic acids is 3. The molecule has 4 aliphatic rings. The molecule has 0 unspecified atom stereocenters. The van der Waals surface area contributed by atoms with Crippen LogP contribution in [0, 0.1) is 0 Å². The Morgan fingerprint density at radius 2 is 0.908 bits per heavy atom. The molecule has 2 amide bonds. The van der Waals surface area contributed by atoms with Gasteiger partial charge in [0.05, 0.1) is 43.5 Å². The van der Waals surface area contributed by atoms with Crippen molar-refractivity contribution in [1.82, 2.24) is 28.7 Å². The van der Waals surface area contributed by atoms with Gasteiger partial charge in [-0.1, -0.05) is 12.1 Å². The Hall–Kier alpha value is -8.50. The molecule has 466 valence electrons. The molecular formula is C65H80N6O16. The zero-order valence-corrected chi connectivity index (χ0v) is 51.2. The molecule has 4 aromatic carbocycles. The molecule has 22 heteroatoms. The van der Waals surface area contributed by atoms with E-state index in [2.05, 4.69) is 9.80 Å². The molecule has 0 saturated carbocycles. The van der Waals surface area contributed by atoms with Crippen molar-refractivity contribution in [2.24, 2.45) is 0 Å². The number of carboxylic acids is 1. The molecule has 1 N–H and O–H groups in total. The first-order valence-corrected chi connectivity index (χ1v) is 29.5. The van der Waals surface area contributed by atoms with Crippen LogP contribution in [0.5, 0.6) is 34.5 Å². The van der Waals surface area contributed by atoms with Gasteiger partial charge in [0.2, 0.25) is 0 Å². The Labute approximate surface area is 505 Å². The number of esters is 1. The second-order valence-electron chi connectivity index (χ2n) is 24.0. The molecule has 4 aliphatic heterocycles. The van der Waals surface area contributed by atoms with Crippen LogP contribution in [0.15, 0.2) is 94.5 Å². The molecule has 2 fully saturated rings. The summed E-state index contributed by atoms with van der Waals surface area (Å²) in [6.07, 6.45) is 2.30. The third kappa shape index (κ3) is 15.7. The number of nitrogens with zero attached hydrogens (tertiary/aromatic N) is 6. The lowest BCUT2D eigenvalue weighted by Crippen LogP contribution is -2.49. The number of piperidine rings is 2. The summed E-state index contributed by atoms with van der Waals surface area (Å²) in [5.74, 6) is 2.21. The standard InChI is InChI=1S/C33H41N3O8.C32H39N3O8/c1-33(2,3)44-32(39)36(21-22-6-9-28-29(18-22)43-17-16-42-28)23-10-12-34(13-11-23)14-15-35-27-19-24(40-4)7-8-25(27)26(20-30(35)37)31(38)41-5;1-32(2,3)43-31(39)35(20-21-5-8-27-28(17-21)42-16-15-41-27)22-9-11-33(12-10-22)13-14-34-26-18-23(40-4)6-7-24(26)25(30(37)38)19-29(34)36/h6-9,18-20,23H,10-17,21H2,1-5H3;5-8,17-19,22H,9-16,20H2,1-4H3,(H,37,38). The van der Waals surface area contributed by atoms with Gasteiger partial charge in [0.25, 0.3) is 11.1 Å². The largest absolute Gasteiger partial charge is 0.497 e. The zero-order chi connectivity index (χ0) is 62.2. The van der Waals surface area contributed by atoms with Crippen molar-refractivity contribution in [3.8, 4) is 34.5 Å². The predicted molar refractivity (Wildman–Crippen MR) is 325 cm³/mol. The second-order valence-corrected chi connectivity index (χ2v) is 24.0. The molecular weight excluding hydrogens is 1120 g/mol. The van der Waals surface area contributed by atoms with Crippen LogP contribution in [0.3, 0.4) is 0 Å². The quantitative estimate of drug-likeness (QED) is 0.0705. The van der Waals surface area contributed by atoms with Crippen LogP contribution in [0.1, 0.15) is 99.1 Å². The maximum absolute atomic E-state index is 13.4. The van der Waals surface area contributed by atoms with E-state index in [1.165, 1.54) is 26.4 Å². The lowest BCUT2D eigenvalue weighted by atomic mass is 10.0. The summed E-state index contributed by atoms with van der Waals surface area (Å²) in [7, 11) is 4.39. The number of ether oxygens (including phenoxy) is 9. The normalized spacial score (nSPS) is 15.6. The summed E-state index contributed by atoms with van der Waals surface area (Å²) < 4.78 is 53.3. The number of carbonyl (C=O) groups is 4. The Balaban J connectivity index is 0.000000208. The molecule has 10 rings (SSSR count). The van der Waals surface area contributed by atoms with Crippen molar-refractivity contribution in [2.45, 2.75) is 117 Å². The highest BCUT2D eigenvalue weighted by molar-refractivity contribution is 6.04. The van der Waals surface area contributed by atoms with E-state index in [-0.39, 0.29) is 46.5 Å². The van der Waals surface area contributed by atoms with Gasteiger partial charge in [-0.15, -0.1) is 0 Å². The Kier molecular flexibility index (Phi) is 19.9. The van der Waals surface area contributed by atoms with Crippen molar-refractivity contribution in [2.75, 3.05) is 87.0 Å². The summed E-state index contributed by atoms with van der Waals surface area (Å²) in [4.78, 5) is 85.3. The van der Waals surface area contributed by atoms with Crippen LogP contribution < -0.4 is 39.5 Å². The number of hydrogen-bond donors (Lipinski definition) is 1. The molecule has 0 atom stereocenters. The fraction of sp³-hybridized carbons (Fsp3) is 0.477. The molecule has 0 radical (unpaired) electrons. The number of amides is 2. The maximum Gasteiger partial charge on any atom is 0.410 e. The number of rotatable bonds is 16. The van der Waals surface area contributed by atoms with Crippen molar-refractivity contribution < 1.29 is 66.9 Å². The van der Waals surface area contributed by atoms with E-state index in [1.54, 1.807) is 52.6 Å². The summed E-state index contributed by atoms with van der Waals surface area (Å²) in [5, 5.41) is 10.8. The Bertz CT molecular complexity index is 3590. The van der Waals surface area contributed by atoms with E-state index in [0.717, 1.165) is 63.0 Å². The Morgan fingerprint density at radius 3 is 1.29 bits per heavy atom. The minimum atomic E-state index is -1.15. The minimum absolute atomic E-state index is 0.0125. The first-order valence-electron chi connectivity index (χ1n) is 29.5. The molecule has 2 aromatic heterocycles. The van der Waals surface area contributed by atoms with Crippen LogP contribution >= 0.6 is 0 Å². The molecule has 0 aliphatic carbocycles. The second kappa shape index (κ2) is 27.5. The number of pyridine rings is 2. The van der Waals surface area contributed by atoms with E-state index in [1.807, 2.05) is 87.7 Å². The average Bonchev–Trinajstić information content (AvgIpc) is 1.23. The van der Waals surface area contributed by atoms with Gasteiger partial charge in [0.1, 0.15) is 49.1 Å². The molecule has 22 nitrogen and oxygen atoms in total. The maximum atomic E-state index is 13.4. The summed E-state index contributed by atoms with van der Waals surface area (Å²) in [5.41, 5.74) is 1.32. The number of methoxy groups -OCH3 is 3. The lowest BCUT2D eigenvalue weighted by molar-refractivity contribution is 0.00468. The van der Waals surface area contributed by atoms with E-state index in [0.29, 0.717) is 122 Å². The topological polar surface area (TPSA) is 229 Å². The van der Waals surface area contributed by atoms with Crippen molar-refractivity contribution in [1.29, 1.82) is 0 Å². The van der Waals surface area contributed by atoms with Crippen molar-refractivity contribution in [3.05, 3.63) is 128 Å². The smallest absolute Gasteiger partial charge is 0.410 e. The molecule has 0 spiro atoms. The fourth-order valence-electron chi connectivity index (χ4n) is 11.4. The first kappa shape index (κ1) is 63.0. The van der Waals surface area contributed by atoms with Crippen LogP contribution in [-0.4, -0.2) is 168 Å². The number of hydrogen-bond acceptors (Lipinski definition) is 17. The Morgan fingerprint density at radius 1 is 0.517 bits per heavy atom. The van der Waals surface area contributed by atoms with Crippen LogP contribution in [0.4, 0.5) is 9.59 Å². The number of likely N-dealkylation sites (tertiary alicyclic amines) is 2. The van der Waals surface area contributed by atoms with Gasteiger partial charge in [-0.25, -0.2) is 19.2 Å². The third-order valence-electron chi connectivity index (χ3n) is 15.7. The highest BCUT2D eigenvalue weighted by Crippen LogP contribution is 2.35. The molecule has 6 aromatic rings. The average molecular weight is 1200 g/mol. The van der Waals surface area contributed by atoms with Gasteiger partial charge in [0, 0.05) is 113 Å². The third-order valence-corrected chi connectivity index (χ3v) is 15.7. The van der Waals surface area contributed by atoms with E-state index < -0.39 is 23.1 Å². The number of carboxylic acid groups (broad SMARTS) is 1. The summed E-state index contributed by atoms with van der Waals surface area (Å²) in [6.45, 7) is 19.0. The molecule has 2 saturated heterocycles. The first-order chi connectivity index (χ1) is 41.6. The van der Waals surface area contributed by atoms with E-state index in [9.17, 15) is 33.9 Å². The fourth-order valence-corrected chi connectivity index (χ4v) is 11.4. The zero-order valence-electron chi connectivity index (χ0n) is 51.2. The SMILES string of the molecule is COC(=O)c1cc(=O)n(CCN2CCC(N(Cc3ccc4c(c3)OCCO4)C(=O)OC(C)(C)C)CC2)c2cc(OC)ccc12.COc1ccc2c(C(=O)O)cc(=O)n(CCN3CCC(N(Cc4ccc5c(c4)OCCO5)C(=O)OC(C)(C)C)CC3)c2c1. The number of aromatic carboxylic acids is 1. The number of aromatic nitrogens is 2. The predicted octanol–water partition coefficient (Wildman–Crippen LogP) is 8.85. The van der Waals surface area contributed by atoms with Gasteiger partial charge >= 0.3 is 24.1 Å². The van der Waals surface area contributed by atoms with Gasteiger partial charge in [-0.3, -0.25) is 9.59 Å². The van der Waals surface area contributed by atoms with Crippen LogP contribution in [0.25, 0.3) is 21.8 Å². The molecule has 0 bridgehead atoms. The van der Waals surface area contributed by atoms with Gasteiger partial charge in [-0.2, -0.15) is 0 Å². The van der Waals surface area contributed by atoms with Gasteiger partial charge < -0.3 is 76.5 Å². The highest BCUT2D eigenvalue weighted by Gasteiger charge is 2.34. The van der Waals surface area contributed by atoms with Crippen molar-refractivity contribution in [3.63, 3.8) is 0 Å². The monoisotopic (exact) mass is 1200 g/mol. The number of fused-ring (bicyclic) bond motifs is 4. The number of benzene rings is 4. The van der Waals surface area contributed by atoms with E-state index >= 15 is 0 Å². The minimum Gasteiger partial charge on any atom is -0.497 e. The summed E-state index contributed by atoms with van der Waals surface area (Å²) in [6, 6.07) is 24.4. The van der Waals surface area contributed by atoms with Crippen LogP contribution in [0.2, 0.25) is 0 Å². The summed E-state index contributed by atoms with van der Waals surface area (Å²) >= 11 is 0. The molecule has 87 heavy (non-hydrogen) atoms. The molecule has 6 heterocycles. The van der Waals surface area contributed by atoms with Gasteiger partial charge in [0.15, 0.2) is 23.0 Å². The highest BCUT2D eigenvalue weighted by atomic mass is 16.6. The van der Waals surface area contributed by atoms with Crippen LogP contribution in [-0.2, 0) is 40.4 Å². The van der Waals surface area contributed by atoms with E-state index in [4.69, 9.17) is 42.6 Å². The lowest BCUT2D eigenvalue weighted by Gasteiger charge is -2.39. The van der Waals surface area contributed by atoms with Gasteiger partial charge in [-0.05, 0) is 127 Å².